The van der Waals surface area contributed by atoms with E-state index in [0.29, 0.717) is 15.0 Å². The Kier molecular flexibility index (Phi) is 1.42. The van der Waals surface area contributed by atoms with Crippen molar-refractivity contribution in [3.63, 3.8) is 0 Å². The van der Waals surface area contributed by atoms with Gasteiger partial charge >= 0.3 is 47.4 Å². The normalized spacial score (nSPS) is 21.0. The molecule has 2 N–H and O–H groups in total. The summed E-state index contributed by atoms with van der Waals surface area (Å²) in [4.78, 5) is 0. The third kappa shape index (κ3) is 0.913. The standard InChI is InChI=1S/C2H4N2SSe/c5-2-4-3-1-6-2/h3H,1H2,(H,4,5). The van der Waals surface area contributed by atoms with Gasteiger partial charge in [-0.15, -0.1) is 0 Å². The van der Waals surface area contributed by atoms with E-state index >= 15 is 0 Å². The van der Waals surface area contributed by atoms with Crippen LogP contribution in [0.3, 0.4) is 0 Å². The summed E-state index contributed by atoms with van der Waals surface area (Å²) >= 11 is 5.31. The molecule has 2 nitrogen and oxygen atoms in total. The average Bonchev–Trinajstić information content (AvgIpc) is 1.86. The van der Waals surface area contributed by atoms with Crippen molar-refractivity contribution in [2.24, 2.45) is 0 Å². The van der Waals surface area contributed by atoms with Crippen molar-refractivity contribution in [3.05, 3.63) is 0 Å². The Balaban J connectivity index is 2.37. The Morgan fingerprint density at radius 2 is 2.67 bits per heavy atom. The molecule has 1 saturated heterocycles. The molecule has 6 heavy (non-hydrogen) atoms. The molecule has 0 spiro atoms. The molecule has 0 aromatic carbocycles. The van der Waals surface area contributed by atoms with E-state index in [1.54, 1.807) is 0 Å². The van der Waals surface area contributed by atoms with Gasteiger partial charge in [-0.3, -0.25) is 0 Å². The Bertz CT molecular complexity index is 65.9. The number of hydrogen-bond donors (Lipinski definition) is 2. The van der Waals surface area contributed by atoms with E-state index in [-0.39, 0.29) is 0 Å². The summed E-state index contributed by atoms with van der Waals surface area (Å²) in [6, 6.07) is 0. The number of hydrogen-bond acceptors (Lipinski definition) is 2. The van der Waals surface area contributed by atoms with Gasteiger partial charge in [0.25, 0.3) is 0 Å². The van der Waals surface area contributed by atoms with Crippen LogP contribution in [0.1, 0.15) is 0 Å². The molecule has 0 aromatic heterocycles. The van der Waals surface area contributed by atoms with Gasteiger partial charge in [0.05, 0.1) is 0 Å². The fraction of sp³-hybridized carbons (Fsp3) is 0.500. The van der Waals surface area contributed by atoms with Crippen LogP contribution in [0.5, 0.6) is 0 Å². The SMILES string of the molecule is S=C1NNC[Se]1. The predicted molar refractivity (Wildman–Crippen MR) is 29.5 cm³/mol. The molecule has 0 atom stereocenters. The van der Waals surface area contributed by atoms with Crippen molar-refractivity contribution < 1.29 is 0 Å². The van der Waals surface area contributed by atoms with Crippen LogP contribution in [0.25, 0.3) is 0 Å². The zero-order valence-electron chi connectivity index (χ0n) is 3.02. The van der Waals surface area contributed by atoms with Crippen LogP contribution in [0.4, 0.5) is 0 Å². The van der Waals surface area contributed by atoms with Crippen LogP contribution in [-0.4, -0.2) is 24.3 Å². The maximum atomic E-state index is 4.77. The monoisotopic (exact) mass is 168 g/mol. The fourth-order valence-corrected chi connectivity index (χ4v) is 1.51. The van der Waals surface area contributed by atoms with Crippen LogP contribution >= 0.6 is 12.2 Å². The van der Waals surface area contributed by atoms with Gasteiger partial charge in [0, 0.05) is 0 Å². The van der Waals surface area contributed by atoms with E-state index in [1.165, 1.54) is 0 Å². The Morgan fingerprint density at radius 3 is 2.83 bits per heavy atom. The number of nitrogens with one attached hydrogen (secondary N) is 2. The third-order valence-electron chi connectivity index (χ3n) is 0.466. The zero-order chi connectivity index (χ0) is 4.41. The summed E-state index contributed by atoms with van der Waals surface area (Å²) < 4.78 is 0.988. The molecule has 1 rings (SSSR count). The molecule has 1 fully saturated rings. The van der Waals surface area contributed by atoms with Gasteiger partial charge in [0.1, 0.15) is 0 Å². The summed E-state index contributed by atoms with van der Waals surface area (Å²) in [5, 5.41) is 0. The van der Waals surface area contributed by atoms with E-state index in [0.717, 1.165) is 9.33 Å². The van der Waals surface area contributed by atoms with Crippen molar-refractivity contribution in [1.29, 1.82) is 0 Å². The number of thiocarbonyl (C=S) groups is 1. The summed E-state index contributed by atoms with van der Waals surface area (Å²) in [5.74, 6) is 0. The third-order valence-corrected chi connectivity index (χ3v) is 2.55. The maximum absolute atomic E-state index is 4.77. The number of hydrazine groups is 1. The van der Waals surface area contributed by atoms with E-state index in [4.69, 9.17) is 12.2 Å². The summed E-state index contributed by atoms with van der Waals surface area (Å²) in [6.45, 7) is 0. The first-order valence-corrected chi connectivity index (χ1v) is 4.03. The Morgan fingerprint density at radius 1 is 1.83 bits per heavy atom. The molecule has 1 aliphatic rings. The quantitative estimate of drug-likeness (QED) is 0.359. The van der Waals surface area contributed by atoms with Crippen LogP contribution in [0.2, 0.25) is 0 Å². The van der Waals surface area contributed by atoms with Crippen LogP contribution in [-0.2, 0) is 0 Å². The van der Waals surface area contributed by atoms with Crippen molar-refractivity contribution >= 4 is 31.1 Å². The molecule has 0 unspecified atom stereocenters. The molecule has 0 bridgehead atoms. The van der Waals surface area contributed by atoms with Crippen LogP contribution < -0.4 is 10.9 Å². The molecule has 0 amide bonds. The molecular formula is C2H4N2SSe. The molecule has 0 saturated carbocycles. The van der Waals surface area contributed by atoms with Gasteiger partial charge in [0.15, 0.2) is 0 Å². The van der Waals surface area contributed by atoms with Gasteiger partial charge in [-0.1, -0.05) is 0 Å². The number of rotatable bonds is 0. The molecule has 1 aliphatic heterocycles. The van der Waals surface area contributed by atoms with E-state index in [2.05, 4.69) is 10.9 Å². The van der Waals surface area contributed by atoms with Gasteiger partial charge in [-0.2, -0.15) is 0 Å². The summed E-state index contributed by atoms with van der Waals surface area (Å²) in [5.41, 5.74) is 6.78. The van der Waals surface area contributed by atoms with Crippen LogP contribution in [0, 0.1) is 0 Å². The Labute approximate surface area is 47.8 Å². The second-order valence-electron chi connectivity index (χ2n) is 0.878. The second kappa shape index (κ2) is 1.89. The molecule has 0 aromatic rings. The van der Waals surface area contributed by atoms with Crippen molar-refractivity contribution in [3.8, 4) is 0 Å². The first kappa shape index (κ1) is 4.53. The van der Waals surface area contributed by atoms with Gasteiger partial charge in [-0.25, -0.2) is 0 Å². The molecule has 4 heteroatoms. The van der Waals surface area contributed by atoms with Crippen molar-refractivity contribution in [2.75, 3.05) is 5.44 Å². The van der Waals surface area contributed by atoms with Gasteiger partial charge in [-0.05, 0) is 0 Å². The van der Waals surface area contributed by atoms with Gasteiger partial charge in [0.2, 0.25) is 0 Å². The Hall–Kier alpha value is 0.369. The van der Waals surface area contributed by atoms with Crippen LogP contribution in [0.15, 0.2) is 0 Å². The predicted octanol–water partition coefficient (Wildman–Crippen LogP) is -0.959. The summed E-state index contributed by atoms with van der Waals surface area (Å²) in [7, 11) is 0. The topological polar surface area (TPSA) is 24.1 Å². The first-order chi connectivity index (χ1) is 2.89. The molecule has 0 radical (unpaired) electrons. The van der Waals surface area contributed by atoms with Crippen molar-refractivity contribution in [2.45, 2.75) is 0 Å². The molecule has 1 heterocycles. The summed E-state index contributed by atoms with van der Waals surface area (Å²) in [6.07, 6.45) is 0. The molecule has 34 valence electrons. The van der Waals surface area contributed by atoms with E-state index < -0.39 is 0 Å². The average molecular weight is 167 g/mol. The molecule has 0 aliphatic carbocycles. The van der Waals surface area contributed by atoms with E-state index in [1.807, 2.05) is 0 Å². The zero-order valence-corrected chi connectivity index (χ0v) is 5.55. The minimum absolute atomic E-state index is 0.537. The van der Waals surface area contributed by atoms with E-state index in [9.17, 15) is 0 Å². The minimum atomic E-state index is 0.537. The first-order valence-electron chi connectivity index (χ1n) is 1.55. The second-order valence-corrected chi connectivity index (χ2v) is 3.94. The molecular weight excluding hydrogens is 163 g/mol. The fourth-order valence-electron chi connectivity index (χ4n) is 0.246. The van der Waals surface area contributed by atoms with Crippen molar-refractivity contribution in [1.82, 2.24) is 10.9 Å². The van der Waals surface area contributed by atoms with Gasteiger partial charge < -0.3 is 0 Å².